The highest BCUT2D eigenvalue weighted by Crippen LogP contribution is 2.31. The van der Waals surface area contributed by atoms with E-state index in [2.05, 4.69) is 18.3 Å². The Kier molecular flexibility index (Phi) is 4.09. The van der Waals surface area contributed by atoms with E-state index >= 15 is 0 Å². The minimum absolute atomic E-state index is 0.0699. The maximum absolute atomic E-state index is 12.8. The number of fused-ring (bicyclic) bond motifs is 1. The number of nitrogens with zero attached hydrogens (tertiary/aromatic N) is 1. The molecular weight excluding hydrogens is 279 g/mol. The molecule has 0 spiro atoms. The maximum atomic E-state index is 12.8. The van der Waals surface area contributed by atoms with Crippen LogP contribution >= 0.6 is 0 Å². The van der Waals surface area contributed by atoms with Crippen molar-refractivity contribution in [1.82, 2.24) is 5.32 Å². The van der Waals surface area contributed by atoms with E-state index in [0.717, 1.165) is 17.7 Å². The van der Waals surface area contributed by atoms with Gasteiger partial charge in [-0.05, 0) is 49.1 Å². The predicted molar refractivity (Wildman–Crippen MR) is 85.6 cm³/mol. The van der Waals surface area contributed by atoms with Crippen LogP contribution in [0.3, 0.4) is 0 Å². The molecule has 3 nitrogen and oxygen atoms in total. The smallest absolute Gasteiger partial charge is 0.322 e. The highest BCUT2D eigenvalue weighted by atomic mass is 19.1. The van der Waals surface area contributed by atoms with Crippen LogP contribution < -0.4 is 10.2 Å². The lowest BCUT2D eigenvalue weighted by Crippen LogP contribution is -2.43. The lowest BCUT2D eigenvalue weighted by molar-refractivity contribution is 0.245. The molecule has 0 fully saturated rings. The Morgan fingerprint density at radius 2 is 1.95 bits per heavy atom. The largest absolute Gasteiger partial charge is 0.337 e. The Morgan fingerprint density at radius 3 is 2.73 bits per heavy atom. The lowest BCUT2D eigenvalue weighted by atomic mass is 10.1. The molecule has 0 aliphatic carbocycles. The highest BCUT2D eigenvalue weighted by molar-refractivity contribution is 5.94. The van der Waals surface area contributed by atoms with Crippen molar-refractivity contribution in [3.05, 3.63) is 65.5 Å². The van der Waals surface area contributed by atoms with Crippen LogP contribution in [0.15, 0.2) is 48.5 Å². The van der Waals surface area contributed by atoms with Gasteiger partial charge in [-0.3, -0.25) is 4.90 Å². The van der Waals surface area contributed by atoms with Crippen LogP contribution in [0.4, 0.5) is 14.9 Å². The number of hydrogen-bond donors (Lipinski definition) is 1. The van der Waals surface area contributed by atoms with Gasteiger partial charge in [-0.2, -0.15) is 0 Å². The first kappa shape index (κ1) is 14.6. The second-order valence-corrected chi connectivity index (χ2v) is 5.66. The molecule has 3 rings (SSSR count). The van der Waals surface area contributed by atoms with E-state index in [4.69, 9.17) is 0 Å². The molecule has 1 atom stereocenters. The molecule has 1 heterocycles. The molecule has 1 aliphatic heterocycles. The zero-order valence-electron chi connectivity index (χ0n) is 12.6. The van der Waals surface area contributed by atoms with Crippen LogP contribution in [0.2, 0.25) is 0 Å². The Balaban J connectivity index is 1.59. The van der Waals surface area contributed by atoms with E-state index < -0.39 is 0 Å². The van der Waals surface area contributed by atoms with Gasteiger partial charge in [0.1, 0.15) is 5.82 Å². The van der Waals surface area contributed by atoms with Crippen LogP contribution in [-0.4, -0.2) is 18.6 Å². The van der Waals surface area contributed by atoms with Gasteiger partial charge in [-0.1, -0.05) is 30.3 Å². The number of carbonyl (C=O) groups is 1. The average molecular weight is 298 g/mol. The van der Waals surface area contributed by atoms with Gasteiger partial charge in [0.25, 0.3) is 0 Å². The molecule has 1 aliphatic rings. The molecular formula is C18H19FN2O. The fourth-order valence-corrected chi connectivity index (χ4v) is 2.93. The molecule has 0 aromatic heterocycles. The molecule has 2 amide bonds. The van der Waals surface area contributed by atoms with Crippen molar-refractivity contribution in [1.29, 1.82) is 0 Å². The molecule has 0 saturated heterocycles. The molecule has 0 saturated carbocycles. The van der Waals surface area contributed by atoms with E-state index in [0.29, 0.717) is 13.0 Å². The van der Waals surface area contributed by atoms with Crippen molar-refractivity contribution in [2.45, 2.75) is 25.8 Å². The van der Waals surface area contributed by atoms with Crippen molar-refractivity contribution in [2.24, 2.45) is 0 Å². The average Bonchev–Trinajstić information content (AvgIpc) is 2.85. The molecule has 1 N–H and O–H groups in total. The molecule has 2 aromatic carbocycles. The summed E-state index contributed by atoms with van der Waals surface area (Å²) in [7, 11) is 0. The van der Waals surface area contributed by atoms with Gasteiger partial charge in [-0.15, -0.1) is 0 Å². The number of rotatable bonds is 3. The van der Waals surface area contributed by atoms with Gasteiger partial charge < -0.3 is 5.32 Å². The van der Waals surface area contributed by atoms with Crippen LogP contribution in [0, 0.1) is 5.82 Å². The summed E-state index contributed by atoms with van der Waals surface area (Å²) in [5.41, 5.74) is 3.22. The van der Waals surface area contributed by atoms with Crippen LogP contribution in [0.25, 0.3) is 0 Å². The number of benzene rings is 2. The first-order valence-corrected chi connectivity index (χ1v) is 7.54. The second kappa shape index (κ2) is 6.18. The Bertz CT molecular complexity index is 669. The molecule has 0 radical (unpaired) electrons. The number of amides is 2. The molecule has 0 bridgehead atoms. The maximum Gasteiger partial charge on any atom is 0.322 e. The van der Waals surface area contributed by atoms with Crippen molar-refractivity contribution in [3.8, 4) is 0 Å². The number of anilines is 1. The van der Waals surface area contributed by atoms with E-state index in [9.17, 15) is 9.18 Å². The topological polar surface area (TPSA) is 32.3 Å². The third-order valence-electron chi connectivity index (χ3n) is 4.03. The zero-order valence-corrected chi connectivity index (χ0v) is 12.6. The highest BCUT2D eigenvalue weighted by Gasteiger charge is 2.30. The van der Waals surface area contributed by atoms with Gasteiger partial charge >= 0.3 is 6.03 Å². The quantitative estimate of drug-likeness (QED) is 0.923. The first-order valence-electron chi connectivity index (χ1n) is 7.54. The summed E-state index contributed by atoms with van der Waals surface area (Å²) < 4.78 is 12.8. The van der Waals surface area contributed by atoms with Gasteiger partial charge in [-0.25, -0.2) is 9.18 Å². The van der Waals surface area contributed by atoms with Crippen LogP contribution in [0.1, 0.15) is 18.1 Å². The summed E-state index contributed by atoms with van der Waals surface area (Å²) in [5, 5.41) is 2.95. The summed E-state index contributed by atoms with van der Waals surface area (Å²) in [6, 6.07) is 14.5. The number of nitrogens with one attached hydrogen (secondary N) is 1. The molecule has 114 valence electrons. The lowest BCUT2D eigenvalue weighted by Gasteiger charge is -2.23. The van der Waals surface area contributed by atoms with Crippen molar-refractivity contribution in [3.63, 3.8) is 0 Å². The summed E-state index contributed by atoms with van der Waals surface area (Å²) in [6.45, 7) is 2.59. The number of urea groups is 1. The van der Waals surface area contributed by atoms with Crippen molar-refractivity contribution in [2.75, 3.05) is 11.4 Å². The standard InChI is InChI=1S/C18H19FN2O/c1-13-12-15-4-2-3-5-17(15)21(13)18(22)20-11-10-14-6-8-16(19)9-7-14/h2-9,13H,10-12H2,1H3,(H,20,22). The predicted octanol–water partition coefficient (Wildman–Crippen LogP) is 3.53. The third-order valence-corrected chi connectivity index (χ3v) is 4.03. The number of para-hydroxylation sites is 1. The van der Waals surface area contributed by atoms with E-state index in [1.54, 1.807) is 12.1 Å². The van der Waals surface area contributed by atoms with Gasteiger partial charge in [0, 0.05) is 18.3 Å². The monoisotopic (exact) mass is 298 g/mol. The van der Waals surface area contributed by atoms with Crippen LogP contribution in [-0.2, 0) is 12.8 Å². The van der Waals surface area contributed by atoms with Gasteiger partial charge in [0.05, 0.1) is 0 Å². The molecule has 22 heavy (non-hydrogen) atoms. The molecule has 2 aromatic rings. The third kappa shape index (κ3) is 2.96. The number of carbonyl (C=O) groups excluding carboxylic acids is 1. The van der Waals surface area contributed by atoms with E-state index in [1.165, 1.54) is 17.7 Å². The fraction of sp³-hybridized carbons (Fsp3) is 0.278. The summed E-state index contributed by atoms with van der Waals surface area (Å²) in [5.74, 6) is -0.240. The normalized spacial score (nSPS) is 16.5. The molecule has 1 unspecified atom stereocenters. The fourth-order valence-electron chi connectivity index (χ4n) is 2.93. The second-order valence-electron chi connectivity index (χ2n) is 5.66. The zero-order chi connectivity index (χ0) is 15.5. The van der Waals surface area contributed by atoms with E-state index in [-0.39, 0.29) is 17.9 Å². The van der Waals surface area contributed by atoms with Gasteiger partial charge in [0.2, 0.25) is 0 Å². The minimum atomic E-state index is -0.240. The van der Waals surface area contributed by atoms with Gasteiger partial charge in [0.15, 0.2) is 0 Å². The Morgan fingerprint density at radius 1 is 1.23 bits per heavy atom. The summed E-state index contributed by atoms with van der Waals surface area (Å²) in [4.78, 5) is 14.2. The minimum Gasteiger partial charge on any atom is -0.337 e. The molecule has 4 heteroatoms. The van der Waals surface area contributed by atoms with Crippen molar-refractivity contribution < 1.29 is 9.18 Å². The summed E-state index contributed by atoms with van der Waals surface area (Å²) in [6.07, 6.45) is 1.58. The number of hydrogen-bond acceptors (Lipinski definition) is 1. The van der Waals surface area contributed by atoms with Crippen molar-refractivity contribution >= 4 is 11.7 Å². The number of halogens is 1. The first-order chi connectivity index (χ1) is 10.6. The summed E-state index contributed by atoms with van der Waals surface area (Å²) >= 11 is 0. The van der Waals surface area contributed by atoms with Crippen LogP contribution in [0.5, 0.6) is 0 Å². The SMILES string of the molecule is CC1Cc2ccccc2N1C(=O)NCCc1ccc(F)cc1. The Labute approximate surface area is 129 Å². The Hall–Kier alpha value is -2.36. The van der Waals surface area contributed by atoms with E-state index in [1.807, 2.05) is 23.1 Å².